The van der Waals surface area contributed by atoms with E-state index in [9.17, 15) is 24.5 Å². The minimum absolute atomic E-state index is 0.0446. The van der Waals surface area contributed by atoms with Gasteiger partial charge in [-0.15, -0.1) is 0 Å². The molecule has 4 rings (SSSR count). The fraction of sp³-hybridized carbons (Fsp3) is 0.286. The number of nitro groups is 1. The lowest BCUT2D eigenvalue weighted by Crippen LogP contribution is -2.43. The first-order valence-electron chi connectivity index (χ1n) is 9.75. The summed E-state index contributed by atoms with van der Waals surface area (Å²) in [6, 6.07) is 11.2. The second-order valence-corrected chi connectivity index (χ2v) is 7.22. The number of nitrogens with one attached hydrogen (secondary N) is 1. The summed E-state index contributed by atoms with van der Waals surface area (Å²) >= 11 is 0. The lowest BCUT2D eigenvalue weighted by atomic mass is 10.0. The molecule has 1 N–H and O–H groups in total. The van der Waals surface area contributed by atoms with E-state index in [-0.39, 0.29) is 29.4 Å². The van der Waals surface area contributed by atoms with Crippen LogP contribution in [0.15, 0.2) is 42.5 Å². The van der Waals surface area contributed by atoms with Crippen LogP contribution < -0.4 is 10.2 Å². The van der Waals surface area contributed by atoms with Crippen LogP contribution in [0.5, 0.6) is 0 Å². The number of nitrogens with zero attached hydrogens (tertiary/aromatic N) is 3. The summed E-state index contributed by atoms with van der Waals surface area (Å²) < 4.78 is 0. The van der Waals surface area contributed by atoms with Crippen LogP contribution in [0.1, 0.15) is 39.1 Å². The molecule has 0 fully saturated rings. The smallest absolute Gasteiger partial charge is 0.321 e. The molecule has 0 unspecified atom stereocenters. The van der Waals surface area contributed by atoms with Gasteiger partial charge in [0.15, 0.2) is 0 Å². The molecule has 2 aliphatic heterocycles. The van der Waals surface area contributed by atoms with Crippen LogP contribution in [0.25, 0.3) is 0 Å². The van der Waals surface area contributed by atoms with Gasteiger partial charge in [-0.1, -0.05) is 18.2 Å². The van der Waals surface area contributed by atoms with E-state index in [1.165, 1.54) is 12.1 Å². The molecule has 0 spiro atoms. The largest absolute Gasteiger partial charge is 0.338 e. The molecule has 2 aliphatic rings. The molecule has 4 amide bonds. The number of aryl methyl sites for hydroxylation is 1. The SMILES string of the molecule is O=C1c2ccc([N+](=O)[O-])cc2C(=O)N1CCCNC(=O)N1CCCc2ccccc21. The van der Waals surface area contributed by atoms with Crippen molar-refractivity contribution < 1.29 is 19.3 Å². The molecule has 2 aromatic carbocycles. The molecular formula is C21H20N4O5. The van der Waals surface area contributed by atoms with Crippen molar-refractivity contribution in [3.63, 3.8) is 0 Å². The third kappa shape index (κ3) is 3.49. The van der Waals surface area contributed by atoms with Gasteiger partial charge in [0, 0.05) is 37.5 Å². The Bertz CT molecular complexity index is 1050. The monoisotopic (exact) mass is 408 g/mol. The van der Waals surface area contributed by atoms with Crippen LogP contribution >= 0.6 is 0 Å². The van der Waals surface area contributed by atoms with Crippen LogP contribution in [-0.4, -0.2) is 47.3 Å². The Labute approximate surface area is 172 Å². The molecule has 0 radical (unpaired) electrons. The number of rotatable bonds is 5. The molecule has 2 heterocycles. The predicted octanol–water partition coefficient (Wildman–Crippen LogP) is 2.74. The number of benzene rings is 2. The fourth-order valence-corrected chi connectivity index (χ4v) is 3.87. The first-order chi connectivity index (χ1) is 14.5. The number of non-ortho nitro benzene ring substituents is 1. The van der Waals surface area contributed by atoms with Crippen molar-refractivity contribution in [1.29, 1.82) is 0 Å². The molecule has 9 heteroatoms. The minimum atomic E-state index is -0.602. The predicted molar refractivity (Wildman–Crippen MR) is 109 cm³/mol. The van der Waals surface area contributed by atoms with E-state index in [4.69, 9.17) is 0 Å². The average molecular weight is 408 g/mol. The van der Waals surface area contributed by atoms with Crippen LogP contribution in [-0.2, 0) is 6.42 Å². The zero-order chi connectivity index (χ0) is 21.3. The Morgan fingerprint density at radius 2 is 1.87 bits per heavy atom. The highest BCUT2D eigenvalue weighted by molar-refractivity contribution is 6.21. The highest BCUT2D eigenvalue weighted by atomic mass is 16.6. The third-order valence-electron chi connectivity index (χ3n) is 5.36. The van der Waals surface area contributed by atoms with E-state index >= 15 is 0 Å². The second-order valence-electron chi connectivity index (χ2n) is 7.22. The lowest BCUT2D eigenvalue weighted by molar-refractivity contribution is -0.384. The number of amides is 4. The summed E-state index contributed by atoms with van der Waals surface area (Å²) in [6.45, 7) is 1.06. The lowest BCUT2D eigenvalue weighted by Gasteiger charge is -2.29. The Hall–Kier alpha value is -3.75. The number of anilines is 1. The summed E-state index contributed by atoms with van der Waals surface area (Å²) in [4.78, 5) is 50.6. The number of fused-ring (bicyclic) bond motifs is 2. The van der Waals surface area contributed by atoms with Gasteiger partial charge in [0.1, 0.15) is 0 Å². The number of urea groups is 1. The third-order valence-corrected chi connectivity index (χ3v) is 5.36. The minimum Gasteiger partial charge on any atom is -0.338 e. The Balaban J connectivity index is 1.33. The molecule has 154 valence electrons. The molecule has 0 saturated heterocycles. The normalized spacial score (nSPS) is 15.1. The molecule has 0 bridgehead atoms. The first-order valence-corrected chi connectivity index (χ1v) is 9.75. The van der Waals surface area contributed by atoms with Crippen molar-refractivity contribution in [1.82, 2.24) is 10.2 Å². The number of nitro benzene ring substituents is 1. The maximum absolute atomic E-state index is 12.6. The van der Waals surface area contributed by atoms with Crippen molar-refractivity contribution in [2.75, 3.05) is 24.5 Å². The van der Waals surface area contributed by atoms with Crippen molar-refractivity contribution in [3.05, 3.63) is 69.3 Å². The first kappa shape index (κ1) is 19.6. The van der Waals surface area contributed by atoms with Gasteiger partial charge in [-0.25, -0.2) is 4.79 Å². The van der Waals surface area contributed by atoms with Crippen LogP contribution in [0.3, 0.4) is 0 Å². The van der Waals surface area contributed by atoms with Crippen molar-refractivity contribution >= 4 is 29.2 Å². The van der Waals surface area contributed by atoms with Gasteiger partial charge in [0.25, 0.3) is 17.5 Å². The Morgan fingerprint density at radius 1 is 1.10 bits per heavy atom. The molecule has 2 aromatic rings. The van der Waals surface area contributed by atoms with Gasteiger partial charge in [-0.2, -0.15) is 0 Å². The highest BCUT2D eigenvalue weighted by Crippen LogP contribution is 2.28. The maximum atomic E-state index is 12.6. The Morgan fingerprint density at radius 3 is 2.67 bits per heavy atom. The van der Waals surface area contributed by atoms with Crippen molar-refractivity contribution in [3.8, 4) is 0 Å². The summed E-state index contributed by atoms with van der Waals surface area (Å²) in [5.74, 6) is -1.02. The fourth-order valence-electron chi connectivity index (χ4n) is 3.87. The van der Waals surface area contributed by atoms with Crippen molar-refractivity contribution in [2.24, 2.45) is 0 Å². The molecule has 0 atom stereocenters. The standard InChI is InChI=1S/C21H20N4O5/c26-19-16-9-8-15(25(29)30)13-17(16)20(27)24(19)12-4-10-22-21(28)23-11-3-6-14-5-1-2-7-18(14)23/h1-2,5,7-9,13H,3-4,6,10-12H2,(H,22,28). The van der Waals surface area contributed by atoms with Gasteiger partial charge in [-0.3, -0.25) is 29.5 Å². The summed E-state index contributed by atoms with van der Waals surface area (Å²) in [7, 11) is 0. The van der Waals surface area contributed by atoms with Crippen LogP contribution in [0.2, 0.25) is 0 Å². The van der Waals surface area contributed by atoms with Gasteiger partial charge in [-0.05, 0) is 37.0 Å². The number of hydrogen-bond acceptors (Lipinski definition) is 5. The average Bonchev–Trinajstić information content (AvgIpc) is 3.00. The van der Waals surface area contributed by atoms with Crippen LogP contribution in [0, 0.1) is 10.1 Å². The molecule has 0 saturated carbocycles. The zero-order valence-electron chi connectivity index (χ0n) is 16.2. The topological polar surface area (TPSA) is 113 Å². The molecule has 0 aliphatic carbocycles. The van der Waals surface area contributed by atoms with E-state index < -0.39 is 16.7 Å². The number of carbonyl (C=O) groups excluding carboxylic acids is 3. The van der Waals surface area contributed by atoms with E-state index in [0.717, 1.165) is 35.1 Å². The number of para-hydroxylation sites is 1. The molecule has 0 aromatic heterocycles. The summed E-state index contributed by atoms with van der Waals surface area (Å²) in [5.41, 5.74) is 2.02. The zero-order valence-corrected chi connectivity index (χ0v) is 16.2. The summed E-state index contributed by atoms with van der Waals surface area (Å²) in [6.07, 6.45) is 2.22. The highest BCUT2D eigenvalue weighted by Gasteiger charge is 2.36. The number of imide groups is 1. The number of carbonyl (C=O) groups is 3. The van der Waals surface area contributed by atoms with E-state index in [0.29, 0.717) is 19.5 Å². The van der Waals surface area contributed by atoms with Gasteiger partial charge >= 0.3 is 6.03 Å². The molecule has 9 nitrogen and oxygen atoms in total. The van der Waals surface area contributed by atoms with Gasteiger partial charge in [0.05, 0.1) is 16.1 Å². The van der Waals surface area contributed by atoms with Gasteiger partial charge < -0.3 is 5.32 Å². The van der Waals surface area contributed by atoms with Gasteiger partial charge in [0.2, 0.25) is 0 Å². The van der Waals surface area contributed by atoms with E-state index in [1.54, 1.807) is 4.90 Å². The van der Waals surface area contributed by atoms with Crippen LogP contribution in [0.4, 0.5) is 16.2 Å². The van der Waals surface area contributed by atoms with E-state index in [1.807, 2.05) is 24.3 Å². The number of hydrogen-bond donors (Lipinski definition) is 1. The van der Waals surface area contributed by atoms with E-state index in [2.05, 4.69) is 5.32 Å². The maximum Gasteiger partial charge on any atom is 0.321 e. The molecular weight excluding hydrogens is 388 g/mol. The molecule has 30 heavy (non-hydrogen) atoms. The Kier molecular flexibility index (Phi) is 5.18. The second kappa shape index (κ2) is 7.94. The summed E-state index contributed by atoms with van der Waals surface area (Å²) in [5, 5.41) is 13.7. The van der Waals surface area contributed by atoms with Crippen molar-refractivity contribution in [2.45, 2.75) is 19.3 Å². The quantitative estimate of drug-likeness (QED) is 0.354.